The minimum atomic E-state index is -0.102. The Hall–Kier alpha value is -1.31. The predicted octanol–water partition coefficient (Wildman–Crippen LogP) is 11.0. The minimum Gasteiger partial charge on any atom is -0.427 e. The summed E-state index contributed by atoms with van der Waals surface area (Å²) in [4.78, 5) is 11.8. The van der Waals surface area contributed by atoms with E-state index in [1.54, 1.807) is 0 Å². The third kappa shape index (κ3) is 21.2. The minimum absolute atomic E-state index is 0.102. The molecule has 2 heteroatoms. The number of hydrogen-bond acceptors (Lipinski definition) is 2. The van der Waals surface area contributed by atoms with Crippen LogP contribution in [-0.4, -0.2) is 5.97 Å². The van der Waals surface area contributed by atoms with Gasteiger partial charge in [0.2, 0.25) is 0 Å². The number of carbonyl (C=O) groups excluding carboxylic acids is 1. The third-order valence-corrected chi connectivity index (χ3v) is 6.96. The number of esters is 1. The van der Waals surface area contributed by atoms with Crippen LogP contribution < -0.4 is 4.74 Å². The maximum atomic E-state index is 11.8. The highest BCUT2D eigenvalue weighted by molar-refractivity contribution is 5.72. The fourth-order valence-corrected chi connectivity index (χ4v) is 4.73. The molecule has 0 aliphatic carbocycles. The molecule has 1 rings (SSSR count). The van der Waals surface area contributed by atoms with Crippen LogP contribution in [0.2, 0.25) is 0 Å². The standard InChI is InChI=1S/C32H56O2/c1-2-3-4-5-6-7-8-9-10-11-12-13-14-15-16-17-18-19-20-21-22-23-27-30-32(33)34-31-28-25-24-26-29-31/h24-26,28-29H,2-23,27,30H2,1H3. The molecular formula is C32H56O2. The fourth-order valence-electron chi connectivity index (χ4n) is 4.73. The maximum absolute atomic E-state index is 11.8. The summed E-state index contributed by atoms with van der Waals surface area (Å²) in [6.45, 7) is 2.29. The van der Waals surface area contributed by atoms with Crippen LogP contribution in [0.3, 0.4) is 0 Å². The van der Waals surface area contributed by atoms with Crippen LogP contribution in [0, 0.1) is 0 Å². The lowest BCUT2D eigenvalue weighted by molar-refractivity contribution is -0.134. The molecule has 0 aliphatic heterocycles. The molecule has 0 amide bonds. The Morgan fingerprint density at radius 3 is 1.18 bits per heavy atom. The lowest BCUT2D eigenvalue weighted by Crippen LogP contribution is -2.07. The Morgan fingerprint density at radius 1 is 0.500 bits per heavy atom. The quantitative estimate of drug-likeness (QED) is 0.0803. The largest absolute Gasteiger partial charge is 0.427 e. The van der Waals surface area contributed by atoms with Gasteiger partial charge in [-0.25, -0.2) is 0 Å². The summed E-state index contributed by atoms with van der Waals surface area (Å²) < 4.78 is 5.33. The van der Waals surface area contributed by atoms with Crippen LogP contribution >= 0.6 is 0 Å². The zero-order valence-corrected chi connectivity index (χ0v) is 22.7. The molecule has 34 heavy (non-hydrogen) atoms. The Labute approximate surface area is 212 Å². The molecular weight excluding hydrogens is 416 g/mol. The Kier molecular flexibility index (Phi) is 22.4. The van der Waals surface area contributed by atoms with Crippen molar-refractivity contribution in [3.63, 3.8) is 0 Å². The lowest BCUT2D eigenvalue weighted by atomic mass is 10.0. The van der Waals surface area contributed by atoms with Crippen LogP contribution in [0.4, 0.5) is 0 Å². The highest BCUT2D eigenvalue weighted by Crippen LogP contribution is 2.16. The van der Waals surface area contributed by atoms with E-state index in [4.69, 9.17) is 4.74 Å². The molecule has 0 fully saturated rings. The third-order valence-electron chi connectivity index (χ3n) is 6.96. The van der Waals surface area contributed by atoms with E-state index < -0.39 is 0 Å². The molecule has 1 aromatic carbocycles. The van der Waals surface area contributed by atoms with Gasteiger partial charge < -0.3 is 4.74 Å². The first kappa shape index (κ1) is 30.7. The van der Waals surface area contributed by atoms with Crippen LogP contribution in [-0.2, 0) is 4.79 Å². The number of para-hydroxylation sites is 1. The summed E-state index contributed by atoms with van der Waals surface area (Å²) in [5.74, 6) is 0.552. The smallest absolute Gasteiger partial charge is 0.311 e. The van der Waals surface area contributed by atoms with Gasteiger partial charge in [0.1, 0.15) is 5.75 Å². The van der Waals surface area contributed by atoms with Gasteiger partial charge in [0.05, 0.1) is 0 Å². The molecule has 0 heterocycles. The first-order chi connectivity index (χ1) is 16.8. The van der Waals surface area contributed by atoms with Crippen molar-refractivity contribution in [3.8, 4) is 5.75 Å². The summed E-state index contributed by atoms with van der Waals surface area (Å²) in [7, 11) is 0. The van der Waals surface area contributed by atoms with Crippen molar-refractivity contribution >= 4 is 5.97 Å². The molecule has 0 aromatic heterocycles. The molecule has 0 saturated carbocycles. The van der Waals surface area contributed by atoms with Crippen molar-refractivity contribution in [2.45, 2.75) is 161 Å². The van der Waals surface area contributed by atoms with Gasteiger partial charge in [0.15, 0.2) is 0 Å². The molecule has 0 atom stereocenters. The number of hydrogen-bond donors (Lipinski definition) is 0. The van der Waals surface area contributed by atoms with E-state index in [-0.39, 0.29) is 5.97 Å². The molecule has 0 N–H and O–H groups in total. The second kappa shape index (κ2) is 24.8. The van der Waals surface area contributed by atoms with Crippen LogP contribution in [0.5, 0.6) is 5.75 Å². The summed E-state index contributed by atoms with van der Waals surface area (Å²) in [5.41, 5.74) is 0. The van der Waals surface area contributed by atoms with Crippen LogP contribution in [0.25, 0.3) is 0 Å². The zero-order valence-electron chi connectivity index (χ0n) is 22.7. The van der Waals surface area contributed by atoms with Crippen molar-refractivity contribution in [2.75, 3.05) is 0 Å². The van der Waals surface area contributed by atoms with Gasteiger partial charge >= 0.3 is 5.97 Å². The molecule has 196 valence electrons. The SMILES string of the molecule is CCCCCCCCCCCCCCCCCCCCCCCCCC(=O)Oc1ccccc1. The van der Waals surface area contributed by atoms with E-state index in [1.807, 2.05) is 30.3 Å². The van der Waals surface area contributed by atoms with Gasteiger partial charge in [-0.3, -0.25) is 4.79 Å². The molecule has 1 aromatic rings. The topological polar surface area (TPSA) is 26.3 Å². The first-order valence-corrected chi connectivity index (χ1v) is 15.1. The Bertz CT molecular complexity index is 539. The van der Waals surface area contributed by atoms with Gasteiger partial charge in [0.25, 0.3) is 0 Å². The molecule has 0 aliphatic rings. The van der Waals surface area contributed by atoms with E-state index in [0.29, 0.717) is 12.2 Å². The van der Waals surface area contributed by atoms with E-state index in [2.05, 4.69) is 6.92 Å². The number of carbonyl (C=O) groups is 1. The van der Waals surface area contributed by atoms with Gasteiger partial charge in [-0.1, -0.05) is 166 Å². The van der Waals surface area contributed by atoms with E-state index in [9.17, 15) is 4.79 Å². The number of rotatable bonds is 25. The second-order valence-corrected chi connectivity index (χ2v) is 10.3. The lowest BCUT2D eigenvalue weighted by Gasteiger charge is -2.05. The van der Waals surface area contributed by atoms with Gasteiger partial charge in [-0.05, 0) is 18.6 Å². The fraction of sp³-hybridized carbons (Fsp3) is 0.781. The Balaban J connectivity index is 1.69. The molecule has 0 radical (unpaired) electrons. The summed E-state index contributed by atoms with van der Waals surface area (Å²) in [6.07, 6.45) is 32.5. The van der Waals surface area contributed by atoms with Crippen molar-refractivity contribution < 1.29 is 9.53 Å². The van der Waals surface area contributed by atoms with Crippen molar-refractivity contribution in [2.24, 2.45) is 0 Å². The van der Waals surface area contributed by atoms with Crippen molar-refractivity contribution in [1.82, 2.24) is 0 Å². The van der Waals surface area contributed by atoms with E-state index in [0.717, 1.165) is 12.8 Å². The predicted molar refractivity (Wildman–Crippen MR) is 149 cm³/mol. The number of unbranched alkanes of at least 4 members (excludes halogenated alkanes) is 22. The Morgan fingerprint density at radius 2 is 0.824 bits per heavy atom. The maximum Gasteiger partial charge on any atom is 0.311 e. The van der Waals surface area contributed by atoms with Crippen molar-refractivity contribution in [3.05, 3.63) is 30.3 Å². The normalized spacial score (nSPS) is 11.1. The molecule has 0 saturated heterocycles. The van der Waals surface area contributed by atoms with Crippen LogP contribution in [0.15, 0.2) is 30.3 Å². The molecule has 0 spiro atoms. The van der Waals surface area contributed by atoms with Gasteiger partial charge in [-0.15, -0.1) is 0 Å². The first-order valence-electron chi connectivity index (χ1n) is 15.1. The average Bonchev–Trinajstić information content (AvgIpc) is 2.85. The second-order valence-electron chi connectivity index (χ2n) is 10.3. The summed E-state index contributed by atoms with van der Waals surface area (Å²) >= 11 is 0. The van der Waals surface area contributed by atoms with E-state index in [1.165, 1.54) is 135 Å². The molecule has 2 nitrogen and oxygen atoms in total. The average molecular weight is 473 g/mol. The highest BCUT2D eigenvalue weighted by atomic mass is 16.5. The number of ether oxygens (including phenoxy) is 1. The van der Waals surface area contributed by atoms with E-state index >= 15 is 0 Å². The zero-order chi connectivity index (χ0) is 24.4. The van der Waals surface area contributed by atoms with Gasteiger partial charge in [-0.2, -0.15) is 0 Å². The number of benzene rings is 1. The molecule has 0 bridgehead atoms. The molecule has 0 unspecified atom stereocenters. The highest BCUT2D eigenvalue weighted by Gasteiger charge is 2.04. The summed E-state index contributed by atoms with van der Waals surface area (Å²) in [6, 6.07) is 9.37. The van der Waals surface area contributed by atoms with Crippen molar-refractivity contribution in [1.29, 1.82) is 0 Å². The van der Waals surface area contributed by atoms with Crippen LogP contribution in [0.1, 0.15) is 161 Å². The van der Waals surface area contributed by atoms with Gasteiger partial charge in [0, 0.05) is 6.42 Å². The summed E-state index contributed by atoms with van der Waals surface area (Å²) in [5, 5.41) is 0. The monoisotopic (exact) mass is 472 g/mol.